The molecule has 3 heteroatoms. The van der Waals surface area contributed by atoms with E-state index in [9.17, 15) is 0 Å². The Labute approximate surface area is 114 Å². The van der Waals surface area contributed by atoms with Crippen LogP contribution < -0.4 is 0 Å². The largest absolute Gasteiger partial charge is 0.320 e. The van der Waals surface area contributed by atoms with Crippen LogP contribution in [0.4, 0.5) is 0 Å². The maximum atomic E-state index is 3.95. The predicted octanol–water partition coefficient (Wildman–Crippen LogP) is 3.46. The summed E-state index contributed by atoms with van der Waals surface area (Å²) in [5.41, 5.74) is 5.55. The van der Waals surface area contributed by atoms with E-state index < -0.39 is 0 Å². The van der Waals surface area contributed by atoms with Gasteiger partial charge in [-0.15, -0.1) is 12.4 Å². The molecule has 0 atom stereocenters. The van der Waals surface area contributed by atoms with Crippen molar-refractivity contribution in [3.8, 4) is 0 Å². The zero-order chi connectivity index (χ0) is 12.0. The van der Waals surface area contributed by atoms with Gasteiger partial charge in [-0.3, -0.25) is 0 Å². The van der Waals surface area contributed by atoms with Crippen LogP contribution in [0.3, 0.4) is 0 Å². The van der Waals surface area contributed by atoms with Crippen LogP contribution in [-0.2, 0) is 13.0 Å². The second kappa shape index (κ2) is 4.79. The average molecular weight is 263 g/mol. The van der Waals surface area contributed by atoms with E-state index in [1.165, 1.54) is 27.7 Å². The highest BCUT2D eigenvalue weighted by Gasteiger charge is 2.21. The van der Waals surface area contributed by atoms with Gasteiger partial charge in [0, 0.05) is 36.8 Å². The van der Waals surface area contributed by atoms with Crippen LogP contribution >= 0.6 is 12.4 Å². The summed E-state index contributed by atoms with van der Waals surface area (Å²) in [6.45, 7) is 8.30. The van der Waals surface area contributed by atoms with Gasteiger partial charge in [0.15, 0.2) is 0 Å². The van der Waals surface area contributed by atoms with Gasteiger partial charge < -0.3 is 9.47 Å². The van der Waals surface area contributed by atoms with E-state index in [0.29, 0.717) is 0 Å². The molecule has 2 aromatic rings. The van der Waals surface area contributed by atoms with E-state index in [0.717, 1.165) is 19.5 Å². The fraction of sp³-hybridized carbons (Fsp3) is 0.333. The van der Waals surface area contributed by atoms with Gasteiger partial charge in [-0.05, 0) is 31.7 Å². The summed E-state index contributed by atoms with van der Waals surface area (Å²) in [5.74, 6) is 0. The molecule has 0 spiro atoms. The molecule has 2 nitrogen and oxygen atoms in total. The lowest BCUT2D eigenvalue weighted by molar-refractivity contribution is 0.312. The first-order valence-corrected chi connectivity index (χ1v) is 6.14. The Morgan fingerprint density at radius 3 is 2.83 bits per heavy atom. The van der Waals surface area contributed by atoms with Crippen molar-refractivity contribution < 1.29 is 0 Å². The maximum absolute atomic E-state index is 3.95. The molecule has 1 aromatic carbocycles. The smallest absolute Gasteiger partial charge is 0.0528 e. The minimum atomic E-state index is 0. The van der Waals surface area contributed by atoms with Crippen molar-refractivity contribution in [1.82, 2.24) is 9.47 Å². The quantitative estimate of drug-likeness (QED) is 0.764. The van der Waals surface area contributed by atoms with E-state index >= 15 is 0 Å². The van der Waals surface area contributed by atoms with Crippen molar-refractivity contribution in [1.29, 1.82) is 0 Å². The number of hydrogen-bond donors (Lipinski definition) is 0. The van der Waals surface area contributed by atoms with Crippen LogP contribution in [0.5, 0.6) is 0 Å². The van der Waals surface area contributed by atoms with Crippen molar-refractivity contribution >= 4 is 29.5 Å². The topological polar surface area (TPSA) is 8.17 Å². The number of nitrogens with zero attached hydrogens (tertiary/aromatic N) is 2. The molecule has 0 fully saturated rings. The molecule has 0 saturated carbocycles. The molecule has 0 radical (unpaired) electrons. The molecular formula is C15H19ClN2. The average Bonchev–Trinajstić information content (AvgIpc) is 2.62. The number of halogens is 1. The van der Waals surface area contributed by atoms with Gasteiger partial charge in [-0.25, -0.2) is 0 Å². The highest BCUT2D eigenvalue weighted by molar-refractivity contribution is 5.88. The van der Waals surface area contributed by atoms with Gasteiger partial charge in [0.2, 0.25) is 0 Å². The third kappa shape index (κ3) is 1.86. The standard InChI is InChI=1S/C15H18N2.ClH/c1-4-17-14-6-5-11(2)9-12(14)13-10-16(3)8-7-15(13)17;/h4-6,9H,1,7-8,10H2,2-3H3;1H. The molecular weight excluding hydrogens is 244 g/mol. The minimum absolute atomic E-state index is 0. The fourth-order valence-corrected chi connectivity index (χ4v) is 2.85. The number of hydrogen-bond acceptors (Lipinski definition) is 1. The van der Waals surface area contributed by atoms with Crippen molar-refractivity contribution in [2.45, 2.75) is 19.9 Å². The lowest BCUT2D eigenvalue weighted by Gasteiger charge is -2.23. The molecule has 0 bridgehead atoms. The van der Waals surface area contributed by atoms with Crippen molar-refractivity contribution in [3.05, 3.63) is 41.6 Å². The monoisotopic (exact) mass is 262 g/mol. The van der Waals surface area contributed by atoms with Crippen molar-refractivity contribution in [2.75, 3.05) is 13.6 Å². The molecule has 1 aliphatic heterocycles. The van der Waals surface area contributed by atoms with E-state index in [1.807, 2.05) is 6.20 Å². The summed E-state index contributed by atoms with van der Waals surface area (Å²) >= 11 is 0. The Balaban J connectivity index is 0.00000120. The van der Waals surface area contributed by atoms with Gasteiger partial charge in [0.25, 0.3) is 0 Å². The van der Waals surface area contributed by atoms with Gasteiger partial charge in [-0.1, -0.05) is 18.2 Å². The summed E-state index contributed by atoms with van der Waals surface area (Å²) < 4.78 is 2.26. The van der Waals surface area contributed by atoms with Crippen LogP contribution in [0.15, 0.2) is 24.8 Å². The summed E-state index contributed by atoms with van der Waals surface area (Å²) in [6, 6.07) is 6.69. The third-order valence-electron chi connectivity index (χ3n) is 3.72. The second-order valence-corrected chi connectivity index (χ2v) is 4.99. The summed E-state index contributed by atoms with van der Waals surface area (Å²) in [7, 11) is 2.19. The number of fused-ring (bicyclic) bond motifs is 3. The van der Waals surface area contributed by atoms with E-state index in [-0.39, 0.29) is 12.4 Å². The fourth-order valence-electron chi connectivity index (χ4n) is 2.85. The molecule has 96 valence electrons. The molecule has 0 N–H and O–H groups in total. The molecule has 1 aromatic heterocycles. The molecule has 0 amide bonds. The molecule has 3 rings (SSSR count). The Kier molecular flexibility index (Phi) is 3.51. The summed E-state index contributed by atoms with van der Waals surface area (Å²) in [4.78, 5) is 2.39. The van der Waals surface area contributed by atoms with Crippen LogP contribution in [-0.4, -0.2) is 23.1 Å². The SMILES string of the molecule is C=Cn1c2c(c3cc(C)ccc31)CN(C)CC2.Cl. The first-order chi connectivity index (χ1) is 8.20. The molecule has 0 aliphatic carbocycles. The Hall–Kier alpha value is -1.25. The van der Waals surface area contributed by atoms with E-state index in [4.69, 9.17) is 0 Å². The molecule has 0 saturated heterocycles. The van der Waals surface area contributed by atoms with Crippen LogP contribution in [0, 0.1) is 6.92 Å². The van der Waals surface area contributed by atoms with Crippen molar-refractivity contribution in [3.63, 3.8) is 0 Å². The lowest BCUT2D eigenvalue weighted by Crippen LogP contribution is -2.26. The summed E-state index contributed by atoms with van der Waals surface area (Å²) in [6.07, 6.45) is 3.06. The first-order valence-electron chi connectivity index (χ1n) is 6.14. The normalized spacial score (nSPS) is 15.2. The predicted molar refractivity (Wildman–Crippen MR) is 80.3 cm³/mol. The zero-order valence-corrected chi connectivity index (χ0v) is 11.8. The Morgan fingerprint density at radius 2 is 2.11 bits per heavy atom. The number of rotatable bonds is 1. The molecule has 0 unspecified atom stereocenters. The van der Waals surface area contributed by atoms with Crippen LogP contribution in [0.2, 0.25) is 0 Å². The molecule has 1 aliphatic rings. The van der Waals surface area contributed by atoms with Crippen molar-refractivity contribution in [2.24, 2.45) is 0 Å². The Bertz CT molecular complexity index is 598. The highest BCUT2D eigenvalue weighted by atomic mass is 35.5. The lowest BCUT2D eigenvalue weighted by atomic mass is 10.0. The van der Waals surface area contributed by atoms with Gasteiger partial charge in [0.05, 0.1) is 5.52 Å². The Morgan fingerprint density at radius 1 is 1.33 bits per heavy atom. The number of likely N-dealkylation sites (N-methyl/N-ethyl adjacent to an activating group) is 1. The number of aryl methyl sites for hydroxylation is 1. The van der Waals surface area contributed by atoms with Gasteiger partial charge in [-0.2, -0.15) is 0 Å². The first kappa shape index (κ1) is 13.2. The van der Waals surface area contributed by atoms with Gasteiger partial charge in [0.1, 0.15) is 0 Å². The highest BCUT2D eigenvalue weighted by Crippen LogP contribution is 2.31. The number of benzene rings is 1. The zero-order valence-electron chi connectivity index (χ0n) is 10.9. The van der Waals surface area contributed by atoms with Crippen LogP contribution in [0.25, 0.3) is 17.1 Å². The third-order valence-corrected chi connectivity index (χ3v) is 3.72. The maximum Gasteiger partial charge on any atom is 0.0528 e. The molecule has 2 heterocycles. The molecule has 18 heavy (non-hydrogen) atoms. The number of aromatic nitrogens is 1. The van der Waals surface area contributed by atoms with E-state index in [1.54, 1.807) is 0 Å². The van der Waals surface area contributed by atoms with E-state index in [2.05, 4.69) is 48.2 Å². The second-order valence-electron chi connectivity index (χ2n) is 4.99. The summed E-state index contributed by atoms with van der Waals surface area (Å²) in [5, 5.41) is 1.39. The van der Waals surface area contributed by atoms with Gasteiger partial charge >= 0.3 is 0 Å². The van der Waals surface area contributed by atoms with Crippen LogP contribution in [0.1, 0.15) is 16.8 Å². The minimum Gasteiger partial charge on any atom is -0.320 e.